The predicted molar refractivity (Wildman–Crippen MR) is 91.4 cm³/mol. The van der Waals surface area contributed by atoms with E-state index < -0.39 is 6.04 Å². The smallest absolute Gasteiger partial charge is 0.241 e. The number of nitrogens with one attached hydrogen (secondary N) is 1. The number of amides is 1. The van der Waals surface area contributed by atoms with Crippen LogP contribution in [0, 0.1) is 0 Å². The van der Waals surface area contributed by atoms with Crippen LogP contribution in [0.15, 0.2) is 59.1 Å². The summed E-state index contributed by atoms with van der Waals surface area (Å²) >= 11 is 3.61. The molecule has 3 nitrogen and oxygen atoms in total. The Bertz CT molecular complexity index is 668. The van der Waals surface area contributed by atoms with E-state index in [1.165, 1.54) is 5.56 Å². The van der Waals surface area contributed by atoms with Crippen LogP contribution in [0.5, 0.6) is 0 Å². The Labute approximate surface area is 139 Å². The van der Waals surface area contributed by atoms with E-state index in [2.05, 4.69) is 27.3 Å². The summed E-state index contributed by atoms with van der Waals surface area (Å²) in [6.07, 6.45) is 2.19. The fourth-order valence-corrected chi connectivity index (χ4v) is 3.47. The number of carbonyl (C=O) groups excluding carboxylic acids is 1. The summed E-state index contributed by atoms with van der Waals surface area (Å²) in [6.45, 7) is 0.634. The normalized spacial score (nSPS) is 16.8. The number of hydrogen-bond acceptors (Lipinski definition) is 2. The lowest BCUT2D eigenvalue weighted by Gasteiger charge is -2.20. The zero-order valence-electron chi connectivity index (χ0n) is 12.3. The third-order valence-corrected chi connectivity index (χ3v) is 5.03. The molecule has 0 aliphatic heterocycles. The van der Waals surface area contributed by atoms with E-state index in [9.17, 15) is 4.79 Å². The maximum atomic E-state index is 12.3. The van der Waals surface area contributed by atoms with Gasteiger partial charge < -0.3 is 11.1 Å². The first-order valence-electron chi connectivity index (χ1n) is 7.46. The average molecular weight is 359 g/mol. The van der Waals surface area contributed by atoms with Crippen molar-refractivity contribution >= 4 is 21.8 Å². The number of rotatable bonds is 5. The van der Waals surface area contributed by atoms with Crippen molar-refractivity contribution in [3.63, 3.8) is 0 Å². The van der Waals surface area contributed by atoms with Crippen molar-refractivity contribution in [2.75, 3.05) is 6.54 Å². The Morgan fingerprint density at radius 2 is 1.77 bits per heavy atom. The molecule has 1 aliphatic carbocycles. The molecule has 1 atom stereocenters. The quantitative estimate of drug-likeness (QED) is 0.861. The summed E-state index contributed by atoms with van der Waals surface area (Å²) in [5.74, 6) is -0.121. The van der Waals surface area contributed by atoms with Gasteiger partial charge in [-0.2, -0.15) is 0 Å². The molecule has 1 fully saturated rings. The van der Waals surface area contributed by atoms with Crippen LogP contribution in [-0.2, 0) is 10.2 Å². The van der Waals surface area contributed by atoms with Gasteiger partial charge in [0.2, 0.25) is 5.91 Å². The molecule has 1 aliphatic rings. The number of nitrogens with two attached hydrogens (primary N) is 1. The highest BCUT2D eigenvalue weighted by molar-refractivity contribution is 9.10. The fourth-order valence-electron chi connectivity index (χ4n) is 2.76. The molecule has 3 N–H and O–H groups in total. The average Bonchev–Trinajstić information content (AvgIpc) is 3.34. The second-order valence-corrected chi connectivity index (χ2v) is 6.72. The molecule has 22 heavy (non-hydrogen) atoms. The first-order chi connectivity index (χ1) is 10.6. The van der Waals surface area contributed by atoms with Crippen LogP contribution in [0.3, 0.4) is 0 Å². The van der Waals surface area contributed by atoms with Gasteiger partial charge in [-0.3, -0.25) is 4.79 Å². The molecule has 0 heterocycles. The molecule has 2 aromatic carbocycles. The summed E-state index contributed by atoms with van der Waals surface area (Å²) in [7, 11) is 0. The highest BCUT2D eigenvalue weighted by Gasteiger charge is 2.45. The van der Waals surface area contributed by atoms with Crippen molar-refractivity contribution in [1.82, 2.24) is 5.32 Å². The van der Waals surface area contributed by atoms with Crippen molar-refractivity contribution in [2.45, 2.75) is 24.3 Å². The summed E-state index contributed by atoms with van der Waals surface area (Å²) in [5.41, 5.74) is 8.20. The van der Waals surface area contributed by atoms with Crippen LogP contribution >= 0.6 is 15.9 Å². The summed E-state index contributed by atoms with van der Waals surface area (Å²) in [6, 6.07) is 17.1. The van der Waals surface area contributed by atoms with Crippen molar-refractivity contribution in [3.8, 4) is 0 Å². The molecule has 0 bridgehead atoms. The molecule has 4 heteroatoms. The van der Waals surface area contributed by atoms with Gasteiger partial charge in [-0.15, -0.1) is 0 Å². The molecular formula is C18H19BrN2O. The minimum Gasteiger partial charge on any atom is -0.354 e. The van der Waals surface area contributed by atoms with E-state index in [-0.39, 0.29) is 11.3 Å². The van der Waals surface area contributed by atoms with Crippen LogP contribution in [0.4, 0.5) is 0 Å². The van der Waals surface area contributed by atoms with Gasteiger partial charge in [-0.05, 0) is 30.0 Å². The van der Waals surface area contributed by atoms with Gasteiger partial charge in [0.05, 0.1) is 0 Å². The molecule has 2 aromatic rings. The number of hydrogen-bond donors (Lipinski definition) is 2. The van der Waals surface area contributed by atoms with E-state index in [4.69, 9.17) is 5.73 Å². The predicted octanol–water partition coefficient (Wildman–Crippen LogP) is 3.30. The third kappa shape index (κ3) is 3.08. The Morgan fingerprint density at radius 1 is 1.14 bits per heavy atom. The maximum absolute atomic E-state index is 12.3. The third-order valence-electron chi connectivity index (χ3n) is 4.34. The minimum atomic E-state index is -0.615. The second kappa shape index (κ2) is 6.23. The standard InChI is InChI=1S/C18H19BrN2O/c19-15-9-5-4-8-14(15)18(10-11-18)12-21-17(22)16(20)13-6-2-1-3-7-13/h1-9,16H,10-12,20H2,(H,21,22). The van der Waals surface area contributed by atoms with E-state index in [0.717, 1.165) is 22.9 Å². The number of benzene rings is 2. The Morgan fingerprint density at radius 3 is 2.41 bits per heavy atom. The molecule has 0 radical (unpaired) electrons. The number of carbonyl (C=O) groups is 1. The first kappa shape index (κ1) is 15.3. The Hall–Kier alpha value is -1.65. The fraction of sp³-hybridized carbons (Fsp3) is 0.278. The lowest BCUT2D eigenvalue weighted by Crippen LogP contribution is -2.38. The molecule has 0 saturated heterocycles. The molecule has 114 valence electrons. The highest BCUT2D eigenvalue weighted by atomic mass is 79.9. The van der Waals surface area contributed by atoms with Gasteiger partial charge >= 0.3 is 0 Å². The van der Waals surface area contributed by atoms with Crippen LogP contribution in [0.2, 0.25) is 0 Å². The molecular weight excluding hydrogens is 340 g/mol. The van der Waals surface area contributed by atoms with Crippen LogP contribution in [0.1, 0.15) is 30.0 Å². The highest BCUT2D eigenvalue weighted by Crippen LogP contribution is 2.49. The van der Waals surface area contributed by atoms with E-state index in [1.807, 2.05) is 48.5 Å². The Kier molecular flexibility index (Phi) is 4.32. The lowest BCUT2D eigenvalue weighted by atomic mass is 9.95. The maximum Gasteiger partial charge on any atom is 0.241 e. The van der Waals surface area contributed by atoms with Crippen molar-refractivity contribution < 1.29 is 4.79 Å². The topological polar surface area (TPSA) is 55.1 Å². The number of halogens is 1. The summed E-state index contributed by atoms with van der Waals surface area (Å²) < 4.78 is 1.11. The molecule has 1 amide bonds. The van der Waals surface area contributed by atoms with E-state index in [1.54, 1.807) is 0 Å². The van der Waals surface area contributed by atoms with Crippen molar-refractivity contribution in [1.29, 1.82) is 0 Å². The van der Waals surface area contributed by atoms with E-state index in [0.29, 0.717) is 6.54 Å². The van der Waals surface area contributed by atoms with Gasteiger partial charge in [-0.1, -0.05) is 64.5 Å². The van der Waals surface area contributed by atoms with Gasteiger partial charge in [0.15, 0.2) is 0 Å². The van der Waals surface area contributed by atoms with Crippen LogP contribution in [0.25, 0.3) is 0 Å². The zero-order chi connectivity index (χ0) is 15.6. The molecule has 1 saturated carbocycles. The summed E-state index contributed by atoms with van der Waals surface area (Å²) in [5, 5.41) is 3.02. The molecule has 3 rings (SSSR count). The first-order valence-corrected chi connectivity index (χ1v) is 8.25. The lowest BCUT2D eigenvalue weighted by molar-refractivity contribution is -0.122. The van der Waals surface area contributed by atoms with Crippen molar-refractivity contribution in [2.24, 2.45) is 5.73 Å². The van der Waals surface area contributed by atoms with Crippen molar-refractivity contribution in [3.05, 3.63) is 70.2 Å². The zero-order valence-corrected chi connectivity index (χ0v) is 13.8. The van der Waals surface area contributed by atoms with E-state index >= 15 is 0 Å². The van der Waals surface area contributed by atoms with Crippen LogP contribution < -0.4 is 11.1 Å². The minimum absolute atomic E-state index is 0.0617. The molecule has 1 unspecified atom stereocenters. The summed E-state index contributed by atoms with van der Waals surface area (Å²) in [4.78, 5) is 12.3. The van der Waals surface area contributed by atoms with Gasteiger partial charge in [0, 0.05) is 16.4 Å². The monoisotopic (exact) mass is 358 g/mol. The van der Waals surface area contributed by atoms with Crippen LogP contribution in [-0.4, -0.2) is 12.5 Å². The largest absolute Gasteiger partial charge is 0.354 e. The van der Waals surface area contributed by atoms with Gasteiger partial charge in [-0.25, -0.2) is 0 Å². The molecule has 0 aromatic heterocycles. The van der Waals surface area contributed by atoms with Gasteiger partial charge in [0.1, 0.15) is 6.04 Å². The molecule has 0 spiro atoms. The Balaban J connectivity index is 1.65. The second-order valence-electron chi connectivity index (χ2n) is 5.87. The van der Waals surface area contributed by atoms with Gasteiger partial charge in [0.25, 0.3) is 0 Å². The SMILES string of the molecule is NC(C(=O)NCC1(c2ccccc2Br)CC1)c1ccccc1.